The zero-order valence-electron chi connectivity index (χ0n) is 18.4. The van der Waals surface area contributed by atoms with E-state index in [9.17, 15) is 0 Å². The molecule has 2 N–H and O–H groups in total. The Labute approximate surface area is 179 Å². The van der Waals surface area contributed by atoms with Crippen LogP contribution < -0.4 is 4.74 Å². The van der Waals surface area contributed by atoms with E-state index >= 15 is 0 Å². The van der Waals surface area contributed by atoms with E-state index in [0.29, 0.717) is 0 Å². The molecular formula is C23H36N2O5. The number of carboxylic acids is 2. The van der Waals surface area contributed by atoms with E-state index in [1.165, 1.54) is 51.0 Å². The molecule has 2 saturated heterocycles. The van der Waals surface area contributed by atoms with Crippen LogP contribution in [-0.4, -0.2) is 70.8 Å². The lowest BCUT2D eigenvalue weighted by molar-refractivity contribution is -0.159. The Balaban J connectivity index is 0.000000469. The van der Waals surface area contributed by atoms with Crippen molar-refractivity contribution in [2.75, 3.05) is 32.8 Å². The Morgan fingerprint density at radius 2 is 1.53 bits per heavy atom. The van der Waals surface area contributed by atoms with Crippen molar-refractivity contribution in [3.05, 3.63) is 29.8 Å². The van der Waals surface area contributed by atoms with Crippen molar-refractivity contribution in [2.24, 2.45) is 11.8 Å². The largest absolute Gasteiger partial charge is 0.494 e. The summed E-state index contributed by atoms with van der Waals surface area (Å²) in [6.07, 6.45) is 4.07. The Morgan fingerprint density at radius 1 is 1.00 bits per heavy atom. The van der Waals surface area contributed by atoms with Crippen LogP contribution in [0.4, 0.5) is 0 Å². The van der Waals surface area contributed by atoms with Crippen LogP contribution in [0.1, 0.15) is 45.6 Å². The fourth-order valence-corrected chi connectivity index (χ4v) is 4.57. The third kappa shape index (κ3) is 7.95. The van der Waals surface area contributed by atoms with Gasteiger partial charge in [0.1, 0.15) is 5.75 Å². The van der Waals surface area contributed by atoms with Crippen LogP contribution in [-0.2, 0) is 16.1 Å². The predicted molar refractivity (Wildman–Crippen MR) is 116 cm³/mol. The highest BCUT2D eigenvalue weighted by atomic mass is 16.5. The molecule has 0 bridgehead atoms. The quantitative estimate of drug-likeness (QED) is 0.707. The lowest BCUT2D eigenvalue weighted by Gasteiger charge is -2.43. The van der Waals surface area contributed by atoms with Crippen LogP contribution in [0.25, 0.3) is 0 Å². The van der Waals surface area contributed by atoms with Gasteiger partial charge in [0.05, 0.1) is 6.61 Å². The van der Waals surface area contributed by atoms with Gasteiger partial charge < -0.3 is 14.9 Å². The number of carbonyl (C=O) groups is 2. The molecule has 2 aliphatic heterocycles. The van der Waals surface area contributed by atoms with Gasteiger partial charge in [-0.2, -0.15) is 0 Å². The summed E-state index contributed by atoms with van der Waals surface area (Å²) in [5, 5.41) is 14.8. The highest BCUT2D eigenvalue weighted by Gasteiger charge is 2.29. The average molecular weight is 421 g/mol. The van der Waals surface area contributed by atoms with Crippen LogP contribution in [0.5, 0.6) is 5.75 Å². The first-order valence-electron chi connectivity index (χ1n) is 10.9. The van der Waals surface area contributed by atoms with E-state index in [2.05, 4.69) is 47.9 Å². The second-order valence-electron chi connectivity index (χ2n) is 8.59. The highest BCUT2D eigenvalue weighted by Crippen LogP contribution is 2.27. The van der Waals surface area contributed by atoms with Gasteiger partial charge in [-0.05, 0) is 68.8 Å². The molecule has 2 unspecified atom stereocenters. The number of aliphatic carboxylic acids is 2. The molecule has 1 aromatic rings. The molecule has 2 aliphatic rings. The van der Waals surface area contributed by atoms with Crippen molar-refractivity contribution in [1.29, 1.82) is 0 Å². The second kappa shape index (κ2) is 11.9. The smallest absolute Gasteiger partial charge is 0.414 e. The number of hydrogen-bond donors (Lipinski definition) is 2. The Bertz CT molecular complexity index is 649. The lowest BCUT2D eigenvalue weighted by atomic mass is 9.89. The van der Waals surface area contributed by atoms with Crippen LogP contribution in [0, 0.1) is 11.8 Å². The number of piperidine rings is 2. The molecule has 0 spiro atoms. The first-order valence-corrected chi connectivity index (χ1v) is 10.9. The molecule has 0 saturated carbocycles. The maximum atomic E-state index is 9.10. The van der Waals surface area contributed by atoms with Crippen LogP contribution >= 0.6 is 0 Å². The van der Waals surface area contributed by atoms with E-state index in [-0.39, 0.29) is 0 Å². The van der Waals surface area contributed by atoms with Gasteiger partial charge >= 0.3 is 11.9 Å². The molecule has 0 radical (unpaired) electrons. The standard InChI is InChI=1S/C21H34N2O.C2H2O4/c1-4-24-21-7-5-19(6-8-21)16-22-11-9-20(10-12-22)23-14-17(2)13-18(3)15-23;3-1(4)2(5)6/h5-8,17-18,20H,4,9-16H2,1-3H3;(H,3,4)(H,5,6). The molecule has 2 fully saturated rings. The van der Waals surface area contributed by atoms with Gasteiger partial charge in [0.2, 0.25) is 0 Å². The molecule has 3 rings (SSSR count). The van der Waals surface area contributed by atoms with Crippen molar-refractivity contribution in [2.45, 2.75) is 52.6 Å². The van der Waals surface area contributed by atoms with Crippen molar-refractivity contribution in [3.8, 4) is 5.75 Å². The van der Waals surface area contributed by atoms with Gasteiger partial charge in [-0.3, -0.25) is 9.80 Å². The fraction of sp³-hybridized carbons (Fsp3) is 0.652. The minimum absolute atomic E-state index is 0.737. The van der Waals surface area contributed by atoms with Gasteiger partial charge in [0.15, 0.2) is 0 Å². The zero-order valence-corrected chi connectivity index (χ0v) is 18.4. The van der Waals surface area contributed by atoms with Crippen molar-refractivity contribution >= 4 is 11.9 Å². The molecule has 168 valence electrons. The molecule has 2 atom stereocenters. The SMILES string of the molecule is CCOc1ccc(CN2CCC(N3CC(C)CC(C)C3)CC2)cc1.O=C(O)C(=O)O. The van der Waals surface area contributed by atoms with Gasteiger partial charge in [0.25, 0.3) is 0 Å². The van der Waals surface area contributed by atoms with Crippen LogP contribution in [0.2, 0.25) is 0 Å². The van der Waals surface area contributed by atoms with E-state index in [1.807, 2.05) is 6.92 Å². The molecule has 7 nitrogen and oxygen atoms in total. The summed E-state index contributed by atoms with van der Waals surface area (Å²) in [7, 11) is 0. The van der Waals surface area contributed by atoms with E-state index in [1.54, 1.807) is 0 Å². The summed E-state index contributed by atoms with van der Waals surface area (Å²) in [4.78, 5) is 23.6. The third-order valence-corrected chi connectivity index (χ3v) is 5.79. The van der Waals surface area contributed by atoms with E-state index < -0.39 is 11.9 Å². The second-order valence-corrected chi connectivity index (χ2v) is 8.59. The van der Waals surface area contributed by atoms with Crippen molar-refractivity contribution in [1.82, 2.24) is 9.80 Å². The molecule has 7 heteroatoms. The third-order valence-electron chi connectivity index (χ3n) is 5.79. The Kier molecular flexibility index (Phi) is 9.59. The number of rotatable bonds is 5. The van der Waals surface area contributed by atoms with Gasteiger partial charge in [-0.25, -0.2) is 9.59 Å². The maximum absolute atomic E-state index is 9.10. The summed E-state index contributed by atoms with van der Waals surface area (Å²) >= 11 is 0. The minimum atomic E-state index is -1.82. The number of ether oxygens (including phenoxy) is 1. The summed E-state index contributed by atoms with van der Waals surface area (Å²) in [5.41, 5.74) is 1.40. The van der Waals surface area contributed by atoms with Gasteiger partial charge in [-0.15, -0.1) is 0 Å². The topological polar surface area (TPSA) is 90.3 Å². The molecule has 0 aliphatic carbocycles. The number of hydrogen-bond acceptors (Lipinski definition) is 5. The number of nitrogens with zero attached hydrogens (tertiary/aromatic N) is 2. The summed E-state index contributed by atoms with van der Waals surface area (Å²) in [6.45, 7) is 13.8. The highest BCUT2D eigenvalue weighted by molar-refractivity contribution is 6.27. The number of likely N-dealkylation sites (tertiary alicyclic amines) is 2. The molecule has 0 amide bonds. The van der Waals surface area contributed by atoms with Crippen LogP contribution in [0.3, 0.4) is 0 Å². The summed E-state index contributed by atoms with van der Waals surface area (Å²) in [6, 6.07) is 9.44. The van der Waals surface area contributed by atoms with Crippen molar-refractivity contribution in [3.63, 3.8) is 0 Å². The lowest BCUT2D eigenvalue weighted by Crippen LogP contribution is -2.49. The normalized spacial score (nSPS) is 23.3. The molecule has 30 heavy (non-hydrogen) atoms. The first-order chi connectivity index (χ1) is 14.3. The monoisotopic (exact) mass is 420 g/mol. The molecular weight excluding hydrogens is 384 g/mol. The van der Waals surface area contributed by atoms with E-state index in [0.717, 1.165) is 36.8 Å². The first kappa shape index (κ1) is 24.2. The van der Waals surface area contributed by atoms with E-state index in [4.69, 9.17) is 24.5 Å². The van der Waals surface area contributed by atoms with Gasteiger partial charge in [0, 0.05) is 25.7 Å². The number of benzene rings is 1. The van der Waals surface area contributed by atoms with Crippen molar-refractivity contribution < 1.29 is 24.5 Å². The fourth-order valence-electron chi connectivity index (χ4n) is 4.57. The average Bonchev–Trinajstić information content (AvgIpc) is 2.70. The Hall–Kier alpha value is -2.12. The molecule has 1 aromatic carbocycles. The Morgan fingerprint density at radius 3 is 2.00 bits per heavy atom. The van der Waals surface area contributed by atoms with Crippen LogP contribution in [0.15, 0.2) is 24.3 Å². The number of carboxylic acid groups (broad SMARTS) is 2. The predicted octanol–water partition coefficient (Wildman–Crippen LogP) is 3.18. The zero-order chi connectivity index (χ0) is 22.1. The summed E-state index contributed by atoms with van der Waals surface area (Å²) in [5.74, 6) is -0.926. The minimum Gasteiger partial charge on any atom is -0.494 e. The summed E-state index contributed by atoms with van der Waals surface area (Å²) < 4.78 is 5.53. The molecule has 0 aromatic heterocycles. The molecule has 2 heterocycles. The maximum Gasteiger partial charge on any atom is 0.414 e. The van der Waals surface area contributed by atoms with Gasteiger partial charge in [-0.1, -0.05) is 26.0 Å².